The second-order valence-electron chi connectivity index (χ2n) is 3.87. The van der Waals surface area contributed by atoms with Crippen LogP contribution in [0.4, 0.5) is 0 Å². The van der Waals surface area contributed by atoms with E-state index < -0.39 is 0 Å². The highest BCUT2D eigenvalue weighted by molar-refractivity contribution is 6.32. The number of para-hydroxylation sites is 1. The summed E-state index contributed by atoms with van der Waals surface area (Å²) in [6, 6.07) is 12.9. The largest absolute Gasteiger partial charge is 0.494 e. The number of hydrogen-bond acceptors (Lipinski definition) is 2. The van der Waals surface area contributed by atoms with Gasteiger partial charge in [-0.1, -0.05) is 29.8 Å². The van der Waals surface area contributed by atoms with Crippen molar-refractivity contribution in [3.05, 3.63) is 53.1 Å². The molecule has 0 fully saturated rings. The maximum Gasteiger partial charge on any atom is 0.150 e. The lowest BCUT2D eigenvalue weighted by atomic mass is 10.2. The van der Waals surface area contributed by atoms with Gasteiger partial charge in [0.25, 0.3) is 0 Å². The zero-order chi connectivity index (χ0) is 13.7. The third-order valence-corrected chi connectivity index (χ3v) is 3.11. The minimum Gasteiger partial charge on any atom is -0.494 e. The first-order valence-electron chi connectivity index (χ1n) is 5.98. The molecule has 0 bridgehead atoms. The molecule has 0 radical (unpaired) electrons. The third kappa shape index (κ3) is 3.55. The monoisotopic (exact) mass is 296 g/mol. The Hall–Kier alpha value is -1.38. The second kappa shape index (κ2) is 6.69. The van der Waals surface area contributed by atoms with Gasteiger partial charge in [-0.3, -0.25) is 0 Å². The number of ether oxygens (including phenoxy) is 2. The lowest BCUT2D eigenvalue weighted by molar-refractivity contribution is 0.338. The third-order valence-electron chi connectivity index (χ3n) is 2.53. The molecule has 4 heteroatoms. The zero-order valence-corrected chi connectivity index (χ0v) is 12.0. The summed E-state index contributed by atoms with van der Waals surface area (Å²) >= 11 is 12.0. The average molecular weight is 297 g/mol. The van der Waals surface area contributed by atoms with Crippen molar-refractivity contribution in [2.45, 2.75) is 12.8 Å². The molecule has 0 aliphatic rings. The van der Waals surface area contributed by atoms with Crippen molar-refractivity contribution in [1.29, 1.82) is 0 Å². The number of rotatable bonds is 5. The Bertz CT molecular complexity index is 556. The molecule has 0 heterocycles. The molecule has 0 unspecified atom stereocenters. The van der Waals surface area contributed by atoms with E-state index in [0.29, 0.717) is 29.0 Å². The summed E-state index contributed by atoms with van der Waals surface area (Å²) < 4.78 is 11.3. The van der Waals surface area contributed by atoms with Crippen LogP contribution in [0.25, 0.3) is 0 Å². The zero-order valence-electron chi connectivity index (χ0n) is 10.5. The van der Waals surface area contributed by atoms with Gasteiger partial charge in [-0.2, -0.15) is 0 Å². The minimum atomic E-state index is 0.348. The van der Waals surface area contributed by atoms with Crippen LogP contribution < -0.4 is 9.47 Å². The van der Waals surface area contributed by atoms with Crippen LogP contribution in [0.5, 0.6) is 17.2 Å². The van der Waals surface area contributed by atoms with Crippen LogP contribution in [0.1, 0.15) is 12.5 Å². The summed E-state index contributed by atoms with van der Waals surface area (Å²) in [6.07, 6.45) is 0. The van der Waals surface area contributed by atoms with Crippen LogP contribution in [-0.2, 0) is 5.88 Å². The lowest BCUT2D eigenvalue weighted by Crippen LogP contribution is -1.93. The SMILES string of the molecule is CCOc1cccc(Oc2c(Cl)cccc2CCl)c1. The van der Waals surface area contributed by atoms with Gasteiger partial charge in [0.05, 0.1) is 17.5 Å². The van der Waals surface area contributed by atoms with Gasteiger partial charge in [-0.25, -0.2) is 0 Å². The molecule has 0 aliphatic carbocycles. The highest BCUT2D eigenvalue weighted by Gasteiger charge is 2.09. The van der Waals surface area contributed by atoms with E-state index in [9.17, 15) is 0 Å². The standard InChI is InChI=1S/C15H14Cl2O2/c1-2-18-12-6-4-7-13(9-12)19-15-11(10-16)5-3-8-14(15)17/h3-9H,2,10H2,1H3. The summed E-state index contributed by atoms with van der Waals surface area (Å²) in [5.41, 5.74) is 0.857. The fourth-order valence-corrected chi connectivity index (χ4v) is 2.13. The Labute approximate surface area is 122 Å². The number of halogens is 2. The topological polar surface area (TPSA) is 18.5 Å². The van der Waals surface area contributed by atoms with Gasteiger partial charge in [0.15, 0.2) is 0 Å². The lowest BCUT2D eigenvalue weighted by Gasteiger charge is -2.12. The van der Waals surface area contributed by atoms with Crippen LogP contribution in [0.15, 0.2) is 42.5 Å². The number of benzene rings is 2. The minimum absolute atomic E-state index is 0.348. The van der Waals surface area contributed by atoms with E-state index in [4.69, 9.17) is 32.7 Å². The highest BCUT2D eigenvalue weighted by Crippen LogP contribution is 2.34. The Kier molecular flexibility index (Phi) is 4.94. The molecule has 2 aromatic carbocycles. The molecule has 19 heavy (non-hydrogen) atoms. The molecule has 0 N–H and O–H groups in total. The summed E-state index contributed by atoms with van der Waals surface area (Å²) in [4.78, 5) is 0. The smallest absolute Gasteiger partial charge is 0.150 e. The fourth-order valence-electron chi connectivity index (χ4n) is 1.69. The van der Waals surface area contributed by atoms with Crippen molar-refractivity contribution in [2.75, 3.05) is 6.61 Å². The maximum atomic E-state index is 6.14. The first-order valence-corrected chi connectivity index (χ1v) is 6.90. The second-order valence-corrected chi connectivity index (χ2v) is 4.55. The summed E-state index contributed by atoms with van der Waals surface area (Å²) in [5, 5.41) is 0.542. The molecule has 0 saturated carbocycles. The molecule has 2 nitrogen and oxygen atoms in total. The molecule has 0 aliphatic heterocycles. The highest BCUT2D eigenvalue weighted by atomic mass is 35.5. The molecule has 0 spiro atoms. The first kappa shape index (κ1) is 14.0. The van der Waals surface area contributed by atoms with Crippen molar-refractivity contribution in [1.82, 2.24) is 0 Å². The quantitative estimate of drug-likeness (QED) is 0.700. The van der Waals surface area contributed by atoms with E-state index >= 15 is 0 Å². The molecule has 0 amide bonds. The molecule has 2 rings (SSSR count). The molecule has 0 saturated heterocycles. The fraction of sp³-hybridized carbons (Fsp3) is 0.200. The Morgan fingerprint density at radius 1 is 1.05 bits per heavy atom. The van der Waals surface area contributed by atoms with Crippen molar-refractivity contribution >= 4 is 23.2 Å². The Morgan fingerprint density at radius 2 is 1.79 bits per heavy atom. The van der Waals surface area contributed by atoms with Gasteiger partial charge in [0, 0.05) is 11.6 Å². The maximum absolute atomic E-state index is 6.14. The molecule has 100 valence electrons. The number of hydrogen-bond donors (Lipinski definition) is 0. The molecular weight excluding hydrogens is 283 g/mol. The van der Waals surface area contributed by atoms with Crippen molar-refractivity contribution in [3.8, 4) is 17.2 Å². The van der Waals surface area contributed by atoms with Crippen LogP contribution in [-0.4, -0.2) is 6.61 Å². The van der Waals surface area contributed by atoms with E-state index in [-0.39, 0.29) is 0 Å². The van der Waals surface area contributed by atoms with Crippen LogP contribution in [0.2, 0.25) is 5.02 Å². The average Bonchev–Trinajstić information content (AvgIpc) is 2.42. The van der Waals surface area contributed by atoms with E-state index in [1.54, 1.807) is 6.07 Å². The van der Waals surface area contributed by atoms with E-state index in [1.807, 2.05) is 43.3 Å². The predicted octanol–water partition coefficient (Wildman–Crippen LogP) is 5.27. The van der Waals surface area contributed by atoms with Crippen molar-refractivity contribution < 1.29 is 9.47 Å². The Morgan fingerprint density at radius 3 is 2.53 bits per heavy atom. The van der Waals surface area contributed by atoms with Crippen LogP contribution in [0.3, 0.4) is 0 Å². The Balaban J connectivity index is 2.28. The van der Waals surface area contributed by atoms with Gasteiger partial charge in [-0.15, -0.1) is 11.6 Å². The molecule has 0 aromatic heterocycles. The predicted molar refractivity (Wildman–Crippen MR) is 78.7 cm³/mol. The summed E-state index contributed by atoms with van der Waals surface area (Å²) in [7, 11) is 0. The molecular formula is C15H14Cl2O2. The summed E-state index contributed by atoms with van der Waals surface area (Å²) in [5.74, 6) is 2.37. The van der Waals surface area contributed by atoms with Gasteiger partial charge in [-0.05, 0) is 25.1 Å². The summed E-state index contributed by atoms with van der Waals surface area (Å²) in [6.45, 7) is 2.55. The van der Waals surface area contributed by atoms with Gasteiger partial charge < -0.3 is 9.47 Å². The van der Waals surface area contributed by atoms with Gasteiger partial charge in [0.2, 0.25) is 0 Å². The van der Waals surface area contributed by atoms with Crippen LogP contribution >= 0.6 is 23.2 Å². The van der Waals surface area contributed by atoms with Gasteiger partial charge in [0.1, 0.15) is 17.2 Å². The molecule has 0 atom stereocenters. The van der Waals surface area contributed by atoms with Crippen molar-refractivity contribution in [3.63, 3.8) is 0 Å². The molecule has 2 aromatic rings. The van der Waals surface area contributed by atoms with E-state index in [1.165, 1.54) is 0 Å². The van der Waals surface area contributed by atoms with E-state index in [2.05, 4.69) is 0 Å². The first-order chi connectivity index (χ1) is 9.24. The van der Waals surface area contributed by atoms with Crippen LogP contribution in [0, 0.1) is 0 Å². The van der Waals surface area contributed by atoms with Gasteiger partial charge >= 0.3 is 0 Å². The number of alkyl halides is 1. The normalized spacial score (nSPS) is 10.3. The van der Waals surface area contributed by atoms with E-state index in [0.717, 1.165) is 11.3 Å². The van der Waals surface area contributed by atoms with Crippen molar-refractivity contribution in [2.24, 2.45) is 0 Å².